The van der Waals surface area contributed by atoms with Crippen molar-refractivity contribution >= 4 is 17.5 Å². The predicted octanol–water partition coefficient (Wildman–Crippen LogP) is 4.25. The number of hydrogen-bond acceptors (Lipinski definition) is 2. The molecule has 114 valence electrons. The van der Waals surface area contributed by atoms with E-state index in [-0.39, 0.29) is 11.9 Å². The smallest absolute Gasteiger partial charge is 0.253 e. The van der Waals surface area contributed by atoms with Gasteiger partial charge >= 0.3 is 0 Å². The average Bonchev–Trinajstić information content (AvgIpc) is 2.61. The van der Waals surface area contributed by atoms with Gasteiger partial charge < -0.3 is 5.32 Å². The number of carbonyl (C=O) groups is 1. The molecule has 0 fully saturated rings. The second-order valence-corrected chi connectivity index (χ2v) is 5.48. The van der Waals surface area contributed by atoms with Gasteiger partial charge in [-0.2, -0.15) is 0 Å². The standard InChI is InChI=1S/C19H15ClN2O/c20-17-12-11-16(13-21-17)19(23)22-18(14-7-3-1-4-8-14)15-9-5-2-6-10-15/h1-13,18H,(H,22,23). The highest BCUT2D eigenvalue weighted by Crippen LogP contribution is 2.22. The van der Waals surface area contributed by atoms with Crippen molar-refractivity contribution in [1.29, 1.82) is 0 Å². The third-order valence-electron chi connectivity index (χ3n) is 3.53. The van der Waals surface area contributed by atoms with Crippen LogP contribution in [0.15, 0.2) is 79.0 Å². The Labute approximate surface area is 140 Å². The van der Waals surface area contributed by atoms with E-state index in [1.807, 2.05) is 60.7 Å². The number of nitrogens with zero attached hydrogens (tertiary/aromatic N) is 1. The third-order valence-corrected chi connectivity index (χ3v) is 3.75. The van der Waals surface area contributed by atoms with Crippen LogP contribution in [-0.4, -0.2) is 10.9 Å². The molecule has 0 spiro atoms. The van der Waals surface area contributed by atoms with Gasteiger partial charge in [0, 0.05) is 6.20 Å². The van der Waals surface area contributed by atoms with Crippen molar-refractivity contribution in [3.8, 4) is 0 Å². The highest BCUT2D eigenvalue weighted by Gasteiger charge is 2.17. The average molecular weight is 323 g/mol. The summed E-state index contributed by atoms with van der Waals surface area (Å²) in [5, 5.41) is 3.43. The van der Waals surface area contributed by atoms with Crippen LogP contribution in [0.2, 0.25) is 5.15 Å². The highest BCUT2D eigenvalue weighted by molar-refractivity contribution is 6.29. The number of hydrogen-bond donors (Lipinski definition) is 1. The van der Waals surface area contributed by atoms with E-state index in [2.05, 4.69) is 10.3 Å². The van der Waals surface area contributed by atoms with Gasteiger partial charge in [-0.3, -0.25) is 4.79 Å². The largest absolute Gasteiger partial charge is 0.341 e. The van der Waals surface area contributed by atoms with Gasteiger partial charge in [-0.15, -0.1) is 0 Å². The van der Waals surface area contributed by atoms with Crippen molar-refractivity contribution in [3.05, 3.63) is 101 Å². The zero-order chi connectivity index (χ0) is 16.1. The molecule has 4 heteroatoms. The quantitative estimate of drug-likeness (QED) is 0.729. The van der Waals surface area contributed by atoms with Crippen LogP contribution in [-0.2, 0) is 0 Å². The minimum absolute atomic E-state index is 0.188. The van der Waals surface area contributed by atoms with E-state index in [0.29, 0.717) is 10.7 Å². The number of carbonyl (C=O) groups excluding carboxylic acids is 1. The van der Waals surface area contributed by atoms with E-state index >= 15 is 0 Å². The maximum atomic E-state index is 12.5. The maximum Gasteiger partial charge on any atom is 0.253 e. The van der Waals surface area contributed by atoms with Gasteiger partial charge in [0.1, 0.15) is 5.15 Å². The number of benzene rings is 2. The molecule has 0 saturated carbocycles. The van der Waals surface area contributed by atoms with Crippen LogP contribution in [0, 0.1) is 0 Å². The van der Waals surface area contributed by atoms with Crippen molar-refractivity contribution < 1.29 is 4.79 Å². The number of halogens is 1. The van der Waals surface area contributed by atoms with Crippen LogP contribution in [0.5, 0.6) is 0 Å². The first-order valence-corrected chi connectivity index (χ1v) is 7.64. The monoisotopic (exact) mass is 322 g/mol. The molecular weight excluding hydrogens is 308 g/mol. The van der Waals surface area contributed by atoms with Crippen molar-refractivity contribution in [2.75, 3.05) is 0 Å². The van der Waals surface area contributed by atoms with Crippen LogP contribution < -0.4 is 5.32 Å². The normalized spacial score (nSPS) is 10.5. The second-order valence-electron chi connectivity index (χ2n) is 5.10. The summed E-state index contributed by atoms with van der Waals surface area (Å²) in [4.78, 5) is 16.5. The van der Waals surface area contributed by atoms with E-state index in [0.717, 1.165) is 11.1 Å². The highest BCUT2D eigenvalue weighted by atomic mass is 35.5. The van der Waals surface area contributed by atoms with Crippen LogP contribution in [0.1, 0.15) is 27.5 Å². The molecule has 2 aromatic carbocycles. The Bertz CT molecular complexity index is 734. The lowest BCUT2D eigenvalue weighted by atomic mass is 9.98. The van der Waals surface area contributed by atoms with Crippen molar-refractivity contribution in [1.82, 2.24) is 10.3 Å². The van der Waals surface area contributed by atoms with Crippen LogP contribution in [0.3, 0.4) is 0 Å². The second kappa shape index (κ2) is 7.07. The number of rotatable bonds is 4. The summed E-state index contributed by atoms with van der Waals surface area (Å²) < 4.78 is 0. The van der Waals surface area contributed by atoms with Crippen LogP contribution >= 0.6 is 11.6 Å². The molecule has 0 radical (unpaired) electrons. The first-order valence-electron chi connectivity index (χ1n) is 7.26. The van der Waals surface area contributed by atoms with Gasteiger partial charge in [0.25, 0.3) is 5.91 Å². The minimum Gasteiger partial charge on any atom is -0.341 e. The summed E-state index contributed by atoms with van der Waals surface area (Å²) in [6.45, 7) is 0. The Kier molecular flexibility index (Phi) is 4.69. The fraction of sp³-hybridized carbons (Fsp3) is 0.0526. The Morgan fingerprint density at radius 1 is 0.870 bits per heavy atom. The number of pyridine rings is 1. The maximum absolute atomic E-state index is 12.5. The zero-order valence-corrected chi connectivity index (χ0v) is 13.1. The minimum atomic E-state index is -0.222. The van der Waals surface area contributed by atoms with E-state index in [1.165, 1.54) is 6.20 Å². The molecule has 0 unspecified atom stereocenters. The SMILES string of the molecule is O=C(NC(c1ccccc1)c1ccccc1)c1ccc(Cl)nc1. The number of amides is 1. The molecule has 1 heterocycles. The lowest BCUT2D eigenvalue weighted by Gasteiger charge is -2.20. The lowest BCUT2D eigenvalue weighted by Crippen LogP contribution is -2.29. The summed E-state index contributed by atoms with van der Waals surface area (Å²) in [5.41, 5.74) is 2.52. The van der Waals surface area contributed by atoms with E-state index in [4.69, 9.17) is 11.6 Å². The van der Waals surface area contributed by atoms with Crippen molar-refractivity contribution in [2.24, 2.45) is 0 Å². The first-order chi connectivity index (χ1) is 11.2. The van der Waals surface area contributed by atoms with E-state index < -0.39 is 0 Å². The lowest BCUT2D eigenvalue weighted by molar-refractivity contribution is 0.0942. The molecule has 0 bridgehead atoms. The molecule has 0 atom stereocenters. The summed E-state index contributed by atoms with van der Waals surface area (Å²) >= 11 is 5.77. The summed E-state index contributed by atoms with van der Waals surface area (Å²) in [5.74, 6) is -0.188. The van der Waals surface area contributed by atoms with Crippen LogP contribution in [0.25, 0.3) is 0 Å². The summed E-state index contributed by atoms with van der Waals surface area (Å²) in [6.07, 6.45) is 1.48. The Balaban J connectivity index is 1.90. The van der Waals surface area contributed by atoms with Gasteiger partial charge in [0.2, 0.25) is 0 Å². The van der Waals surface area contributed by atoms with Crippen molar-refractivity contribution in [3.63, 3.8) is 0 Å². The molecule has 1 aromatic heterocycles. The molecule has 0 aliphatic carbocycles. The molecule has 1 amide bonds. The summed E-state index contributed by atoms with van der Waals surface area (Å²) in [7, 11) is 0. The third kappa shape index (κ3) is 3.76. The summed E-state index contributed by atoms with van der Waals surface area (Å²) in [6, 6.07) is 22.8. The first kappa shape index (κ1) is 15.3. The van der Waals surface area contributed by atoms with E-state index in [1.54, 1.807) is 12.1 Å². The van der Waals surface area contributed by atoms with Gasteiger partial charge in [0.05, 0.1) is 11.6 Å². The fourth-order valence-electron chi connectivity index (χ4n) is 2.37. The molecule has 0 aliphatic heterocycles. The molecular formula is C19H15ClN2O. The topological polar surface area (TPSA) is 42.0 Å². The molecule has 23 heavy (non-hydrogen) atoms. The molecule has 1 N–H and O–H groups in total. The number of aromatic nitrogens is 1. The molecule has 0 saturated heterocycles. The number of nitrogens with one attached hydrogen (secondary N) is 1. The van der Waals surface area contributed by atoms with Gasteiger partial charge in [0.15, 0.2) is 0 Å². The molecule has 3 rings (SSSR count). The molecule has 3 nitrogen and oxygen atoms in total. The zero-order valence-electron chi connectivity index (χ0n) is 12.3. The Morgan fingerprint density at radius 3 is 1.91 bits per heavy atom. The fourth-order valence-corrected chi connectivity index (χ4v) is 2.49. The van der Waals surface area contributed by atoms with Crippen molar-refractivity contribution in [2.45, 2.75) is 6.04 Å². The van der Waals surface area contributed by atoms with Crippen LogP contribution in [0.4, 0.5) is 0 Å². The predicted molar refractivity (Wildman–Crippen MR) is 91.4 cm³/mol. The molecule has 3 aromatic rings. The van der Waals surface area contributed by atoms with E-state index in [9.17, 15) is 4.79 Å². The Hall–Kier alpha value is -2.65. The van der Waals surface area contributed by atoms with Gasteiger partial charge in [-0.25, -0.2) is 4.98 Å². The van der Waals surface area contributed by atoms with Gasteiger partial charge in [-0.1, -0.05) is 72.3 Å². The van der Waals surface area contributed by atoms with Gasteiger partial charge in [-0.05, 0) is 23.3 Å². The Morgan fingerprint density at radius 2 is 1.43 bits per heavy atom. The molecule has 0 aliphatic rings.